The Kier molecular flexibility index (Phi) is 6.14. The number of aromatic nitrogens is 4. The number of benzene rings is 1. The molecule has 0 spiro atoms. The third kappa shape index (κ3) is 4.93. The fourth-order valence-corrected chi connectivity index (χ4v) is 3.09. The van der Waals surface area contributed by atoms with Crippen molar-refractivity contribution < 1.29 is 9.53 Å². The van der Waals surface area contributed by atoms with Crippen LogP contribution in [0.5, 0.6) is 5.75 Å². The third-order valence-corrected chi connectivity index (χ3v) is 4.81. The number of methoxy groups -OCH3 is 1. The normalized spacial score (nSPS) is 11.3. The van der Waals surface area contributed by atoms with Crippen LogP contribution in [0.2, 0.25) is 0 Å². The van der Waals surface area contributed by atoms with E-state index in [9.17, 15) is 9.59 Å². The lowest BCUT2D eigenvalue weighted by molar-refractivity contribution is 0.262. The molecular formula is C22H28N6O3. The lowest BCUT2D eigenvalue weighted by Gasteiger charge is -2.14. The number of urea groups is 1. The van der Waals surface area contributed by atoms with Crippen LogP contribution in [-0.2, 0) is 11.8 Å². The first-order chi connectivity index (χ1) is 14.6. The molecule has 0 unspecified atom stereocenters. The van der Waals surface area contributed by atoms with Crippen LogP contribution in [0, 0.1) is 6.92 Å². The standard InChI is InChI=1S/C22H28N6O3/c1-7-16-13(2)23-20(26-19(16)29)28-18(12-17(27-28)22(3,4)5)25-21(30)24-14-9-8-10-15(11-14)31-6/h8-12H,7H2,1-6H3,(H,23,26,29)(H2,24,25,30). The largest absolute Gasteiger partial charge is 0.497 e. The van der Waals surface area contributed by atoms with Gasteiger partial charge >= 0.3 is 6.03 Å². The van der Waals surface area contributed by atoms with Crippen LogP contribution in [-0.4, -0.2) is 32.9 Å². The number of aryl methyl sites for hydroxylation is 1. The van der Waals surface area contributed by atoms with Crippen LogP contribution in [0.3, 0.4) is 0 Å². The van der Waals surface area contributed by atoms with Crippen LogP contribution in [0.15, 0.2) is 35.1 Å². The van der Waals surface area contributed by atoms with E-state index in [0.29, 0.717) is 34.9 Å². The van der Waals surface area contributed by atoms with Gasteiger partial charge in [-0.25, -0.2) is 9.78 Å². The van der Waals surface area contributed by atoms with Gasteiger partial charge in [-0.15, -0.1) is 0 Å². The van der Waals surface area contributed by atoms with E-state index in [4.69, 9.17) is 4.74 Å². The molecule has 0 bridgehead atoms. The molecule has 0 atom stereocenters. The molecule has 2 aromatic heterocycles. The van der Waals surface area contributed by atoms with E-state index in [1.165, 1.54) is 4.68 Å². The molecule has 1 aromatic carbocycles. The number of carbonyl (C=O) groups excluding carboxylic acids is 1. The molecule has 2 amide bonds. The predicted octanol–water partition coefficient (Wildman–Crippen LogP) is 3.78. The lowest BCUT2D eigenvalue weighted by Crippen LogP contribution is -2.24. The summed E-state index contributed by atoms with van der Waals surface area (Å²) in [5.74, 6) is 1.26. The maximum Gasteiger partial charge on any atom is 0.324 e. The molecule has 0 radical (unpaired) electrons. The molecule has 9 heteroatoms. The number of aromatic amines is 1. The van der Waals surface area contributed by atoms with Crippen molar-refractivity contribution >= 4 is 17.5 Å². The average Bonchev–Trinajstić information content (AvgIpc) is 3.12. The van der Waals surface area contributed by atoms with Gasteiger partial charge in [-0.2, -0.15) is 9.78 Å². The summed E-state index contributed by atoms with van der Waals surface area (Å²) in [6.45, 7) is 9.74. The molecule has 0 aliphatic rings. The number of nitrogens with one attached hydrogen (secondary N) is 3. The number of rotatable bonds is 5. The van der Waals surface area contributed by atoms with Gasteiger partial charge in [-0.3, -0.25) is 15.1 Å². The van der Waals surface area contributed by atoms with Crippen LogP contribution in [0.4, 0.5) is 16.3 Å². The Bertz CT molecular complexity index is 1160. The minimum atomic E-state index is -0.459. The van der Waals surface area contributed by atoms with E-state index in [2.05, 4.69) is 25.7 Å². The summed E-state index contributed by atoms with van der Waals surface area (Å²) in [5, 5.41) is 10.2. The first-order valence-electron chi connectivity index (χ1n) is 10.0. The first-order valence-corrected chi connectivity index (χ1v) is 10.0. The SMILES string of the molecule is CCc1c(C)nc(-n2nc(C(C)(C)C)cc2NC(=O)Nc2cccc(OC)c2)[nH]c1=O. The Morgan fingerprint density at radius 2 is 1.97 bits per heavy atom. The summed E-state index contributed by atoms with van der Waals surface area (Å²) >= 11 is 0. The van der Waals surface area contributed by atoms with Gasteiger partial charge in [-0.05, 0) is 25.5 Å². The molecule has 3 rings (SSSR count). The minimum absolute atomic E-state index is 0.218. The van der Waals surface area contributed by atoms with Gasteiger partial charge in [-0.1, -0.05) is 33.8 Å². The molecule has 3 aromatic rings. The fraction of sp³-hybridized carbons (Fsp3) is 0.364. The third-order valence-electron chi connectivity index (χ3n) is 4.81. The second kappa shape index (κ2) is 8.63. The smallest absolute Gasteiger partial charge is 0.324 e. The molecule has 31 heavy (non-hydrogen) atoms. The summed E-state index contributed by atoms with van der Waals surface area (Å²) in [6.07, 6.45) is 0.578. The van der Waals surface area contributed by atoms with Crippen LogP contribution >= 0.6 is 0 Å². The Morgan fingerprint density at radius 1 is 1.23 bits per heavy atom. The monoisotopic (exact) mass is 424 g/mol. The maximum atomic E-state index is 12.7. The number of carbonyl (C=O) groups is 1. The summed E-state index contributed by atoms with van der Waals surface area (Å²) in [4.78, 5) is 32.4. The van der Waals surface area contributed by atoms with Crippen molar-refractivity contribution in [1.82, 2.24) is 19.7 Å². The highest BCUT2D eigenvalue weighted by Gasteiger charge is 2.23. The van der Waals surface area contributed by atoms with Crippen molar-refractivity contribution in [2.45, 2.75) is 46.5 Å². The molecule has 0 aliphatic carbocycles. The average molecular weight is 425 g/mol. The quantitative estimate of drug-likeness (QED) is 0.577. The number of nitrogens with zero attached hydrogens (tertiary/aromatic N) is 3. The van der Waals surface area contributed by atoms with E-state index in [-0.39, 0.29) is 16.9 Å². The highest BCUT2D eigenvalue weighted by Crippen LogP contribution is 2.26. The Hall–Kier alpha value is -3.62. The Labute approximate surface area is 180 Å². The molecule has 2 heterocycles. The Balaban J connectivity index is 1.97. The summed E-state index contributed by atoms with van der Waals surface area (Å²) in [7, 11) is 1.56. The van der Waals surface area contributed by atoms with Crippen molar-refractivity contribution in [3.8, 4) is 11.7 Å². The number of H-pyrrole nitrogens is 1. The zero-order valence-corrected chi connectivity index (χ0v) is 18.7. The van der Waals surface area contributed by atoms with Gasteiger partial charge in [0.2, 0.25) is 5.95 Å². The number of ether oxygens (including phenoxy) is 1. The molecule has 3 N–H and O–H groups in total. The second-order valence-electron chi connectivity index (χ2n) is 8.19. The van der Waals surface area contributed by atoms with Gasteiger partial charge in [0.05, 0.1) is 12.8 Å². The van der Waals surface area contributed by atoms with Crippen LogP contribution in [0.1, 0.15) is 44.6 Å². The summed E-state index contributed by atoms with van der Waals surface area (Å²) in [5.41, 5.74) is 2.07. The van der Waals surface area contributed by atoms with Crippen molar-refractivity contribution in [2.75, 3.05) is 17.7 Å². The molecule has 0 fully saturated rings. The lowest BCUT2D eigenvalue weighted by atomic mass is 9.92. The molecule has 164 valence electrons. The molecular weight excluding hydrogens is 396 g/mol. The zero-order chi connectivity index (χ0) is 22.8. The second-order valence-corrected chi connectivity index (χ2v) is 8.19. The number of hydrogen-bond donors (Lipinski definition) is 3. The van der Waals surface area contributed by atoms with Crippen molar-refractivity contribution in [1.29, 1.82) is 0 Å². The van der Waals surface area contributed by atoms with Gasteiger partial charge in [0.15, 0.2) is 0 Å². The Morgan fingerprint density at radius 3 is 2.58 bits per heavy atom. The molecule has 0 saturated heterocycles. The van der Waals surface area contributed by atoms with E-state index in [1.807, 2.05) is 27.7 Å². The molecule has 0 aliphatic heterocycles. The molecule has 0 saturated carbocycles. The van der Waals surface area contributed by atoms with Gasteiger partial charge in [0.1, 0.15) is 11.6 Å². The number of amides is 2. The van der Waals surface area contributed by atoms with Gasteiger partial charge in [0.25, 0.3) is 5.56 Å². The summed E-state index contributed by atoms with van der Waals surface area (Å²) < 4.78 is 6.63. The zero-order valence-electron chi connectivity index (χ0n) is 18.7. The highest BCUT2D eigenvalue weighted by atomic mass is 16.5. The predicted molar refractivity (Wildman–Crippen MR) is 120 cm³/mol. The number of hydrogen-bond acceptors (Lipinski definition) is 5. The van der Waals surface area contributed by atoms with E-state index >= 15 is 0 Å². The topological polar surface area (TPSA) is 114 Å². The molecule has 9 nitrogen and oxygen atoms in total. The maximum absolute atomic E-state index is 12.7. The van der Waals surface area contributed by atoms with Gasteiger partial charge in [0, 0.05) is 34.5 Å². The fourth-order valence-electron chi connectivity index (χ4n) is 3.09. The van der Waals surface area contributed by atoms with Gasteiger partial charge < -0.3 is 10.1 Å². The van der Waals surface area contributed by atoms with Crippen molar-refractivity contribution in [3.63, 3.8) is 0 Å². The van der Waals surface area contributed by atoms with Crippen LogP contribution < -0.4 is 20.9 Å². The van der Waals surface area contributed by atoms with E-state index in [1.54, 1.807) is 44.4 Å². The minimum Gasteiger partial charge on any atom is -0.497 e. The van der Waals surface area contributed by atoms with Crippen LogP contribution in [0.25, 0.3) is 5.95 Å². The van der Waals surface area contributed by atoms with E-state index in [0.717, 1.165) is 5.69 Å². The first kappa shape index (κ1) is 22.1. The number of anilines is 2. The van der Waals surface area contributed by atoms with Crippen molar-refractivity contribution in [3.05, 3.63) is 57.6 Å². The van der Waals surface area contributed by atoms with E-state index < -0.39 is 6.03 Å². The van der Waals surface area contributed by atoms with Crippen molar-refractivity contribution in [2.24, 2.45) is 0 Å². The highest BCUT2D eigenvalue weighted by molar-refractivity contribution is 5.99. The summed E-state index contributed by atoms with van der Waals surface area (Å²) in [6, 6.07) is 8.35.